The minimum Gasteiger partial charge on any atom is -0.455 e. The van der Waals surface area contributed by atoms with Crippen molar-refractivity contribution < 1.29 is 4.42 Å². The van der Waals surface area contributed by atoms with Gasteiger partial charge < -0.3 is 9.83 Å². The smallest absolute Gasteiger partial charge is 0.138 e. The summed E-state index contributed by atoms with van der Waals surface area (Å²) in [5.41, 5.74) is 4.62. The number of fused-ring (bicyclic) bond motifs is 3. The first-order valence-corrected chi connectivity index (χ1v) is 8.63. The average molecular weight is 321 g/mol. The molecular formula is C22H27NO. The third kappa shape index (κ3) is 4.14. The summed E-state index contributed by atoms with van der Waals surface area (Å²) in [5.74, 6) is 0.643. The molecule has 0 amide bonds. The van der Waals surface area contributed by atoms with Crippen LogP contribution in [0, 0.1) is 18.3 Å². The van der Waals surface area contributed by atoms with Crippen LogP contribution in [-0.2, 0) is 6.42 Å². The van der Waals surface area contributed by atoms with Gasteiger partial charge in [-0.3, -0.25) is 0 Å². The second-order valence-electron chi connectivity index (χ2n) is 6.45. The Bertz CT molecular complexity index is 840. The lowest BCUT2D eigenvalue weighted by molar-refractivity contribution is 0.622. The minimum absolute atomic E-state index is 0.643. The Morgan fingerprint density at radius 1 is 1.04 bits per heavy atom. The van der Waals surface area contributed by atoms with Crippen LogP contribution in [0.5, 0.6) is 0 Å². The van der Waals surface area contributed by atoms with Gasteiger partial charge in [-0.25, -0.2) is 0 Å². The summed E-state index contributed by atoms with van der Waals surface area (Å²) in [6, 6.07) is 12.8. The number of nitrogens with one attached hydrogen (secondary N) is 1. The van der Waals surface area contributed by atoms with Crippen molar-refractivity contribution in [2.75, 3.05) is 0 Å². The van der Waals surface area contributed by atoms with Gasteiger partial charge in [-0.1, -0.05) is 63.2 Å². The highest BCUT2D eigenvalue weighted by Gasteiger charge is 2.12. The largest absolute Gasteiger partial charge is 0.455 e. The zero-order chi connectivity index (χ0) is 17.5. The Labute approximate surface area is 144 Å². The molecule has 0 saturated carbocycles. The quantitative estimate of drug-likeness (QED) is 0.534. The molecule has 0 fully saturated rings. The van der Waals surface area contributed by atoms with Crippen molar-refractivity contribution in [1.82, 2.24) is 0 Å². The predicted molar refractivity (Wildman–Crippen MR) is 105 cm³/mol. The first kappa shape index (κ1) is 18.0. The van der Waals surface area contributed by atoms with Crippen molar-refractivity contribution in [3.63, 3.8) is 0 Å². The Morgan fingerprint density at radius 3 is 2.29 bits per heavy atom. The summed E-state index contributed by atoms with van der Waals surface area (Å²) in [6.45, 7) is 8.63. The maximum absolute atomic E-state index is 6.49. The van der Waals surface area contributed by atoms with Crippen LogP contribution in [0.2, 0.25) is 0 Å². The molecule has 0 aliphatic carbocycles. The molecular weight excluding hydrogens is 294 g/mol. The third-order valence-electron chi connectivity index (χ3n) is 3.90. The molecule has 2 nitrogen and oxygen atoms in total. The van der Waals surface area contributed by atoms with Crippen LogP contribution in [0.1, 0.15) is 38.3 Å². The fraction of sp³-hybridized carbons (Fsp3) is 0.318. The number of para-hydroxylation sites is 2. The monoisotopic (exact) mass is 321 g/mol. The van der Waals surface area contributed by atoms with Gasteiger partial charge in [-0.2, -0.15) is 0 Å². The highest BCUT2D eigenvalue weighted by atomic mass is 16.3. The van der Waals surface area contributed by atoms with Crippen molar-refractivity contribution in [3.05, 3.63) is 59.7 Å². The molecule has 0 saturated heterocycles. The maximum Gasteiger partial charge on any atom is 0.138 e. The molecule has 3 rings (SSSR count). The van der Waals surface area contributed by atoms with E-state index in [1.165, 1.54) is 28.1 Å². The van der Waals surface area contributed by atoms with Gasteiger partial charge in [0.25, 0.3) is 0 Å². The minimum atomic E-state index is 0.643. The zero-order valence-electron chi connectivity index (χ0n) is 15.1. The van der Waals surface area contributed by atoms with E-state index in [4.69, 9.17) is 9.83 Å². The van der Waals surface area contributed by atoms with Crippen LogP contribution in [0.3, 0.4) is 0 Å². The lowest BCUT2D eigenvalue weighted by atomic mass is 10.0. The topological polar surface area (TPSA) is 37.0 Å². The predicted octanol–water partition coefficient (Wildman–Crippen LogP) is 6.70. The number of hydrogen-bond donors (Lipinski definition) is 1. The molecule has 2 heteroatoms. The normalized spacial score (nSPS) is 11.2. The van der Waals surface area contributed by atoms with E-state index in [2.05, 4.69) is 57.2 Å². The van der Waals surface area contributed by atoms with Crippen molar-refractivity contribution in [3.8, 4) is 0 Å². The highest BCUT2D eigenvalue weighted by Crippen LogP contribution is 2.33. The van der Waals surface area contributed by atoms with Crippen molar-refractivity contribution in [2.45, 2.75) is 40.5 Å². The van der Waals surface area contributed by atoms with Crippen LogP contribution >= 0.6 is 0 Å². The summed E-state index contributed by atoms with van der Waals surface area (Å²) in [4.78, 5) is 0. The van der Waals surface area contributed by atoms with E-state index < -0.39 is 0 Å². The van der Waals surface area contributed by atoms with E-state index in [9.17, 15) is 0 Å². The molecule has 0 unspecified atom stereocenters. The van der Waals surface area contributed by atoms with Crippen LogP contribution in [0.4, 0.5) is 0 Å². The molecule has 0 bridgehead atoms. The Balaban J connectivity index is 0.000000301. The third-order valence-corrected chi connectivity index (χ3v) is 3.90. The van der Waals surface area contributed by atoms with E-state index in [0.717, 1.165) is 24.0 Å². The Morgan fingerprint density at radius 2 is 1.71 bits per heavy atom. The fourth-order valence-electron chi connectivity index (χ4n) is 2.82. The molecule has 0 aliphatic rings. The lowest BCUT2D eigenvalue weighted by Crippen LogP contribution is -1.93. The first-order valence-electron chi connectivity index (χ1n) is 8.63. The highest BCUT2D eigenvalue weighted by molar-refractivity contribution is 6.06. The van der Waals surface area contributed by atoms with Crippen LogP contribution in [-0.4, -0.2) is 6.21 Å². The van der Waals surface area contributed by atoms with Gasteiger partial charge in [0.05, 0.1) is 0 Å². The van der Waals surface area contributed by atoms with Gasteiger partial charge in [0.1, 0.15) is 11.2 Å². The van der Waals surface area contributed by atoms with Gasteiger partial charge in [0, 0.05) is 17.0 Å². The SMILES string of the molecule is CC/C=C\C=N.Cc1cccc2c1oc1c(CC(C)C)cccc12. The maximum atomic E-state index is 6.49. The number of benzene rings is 2. The van der Waals surface area contributed by atoms with Gasteiger partial charge >= 0.3 is 0 Å². The molecule has 0 atom stereocenters. The summed E-state index contributed by atoms with van der Waals surface area (Å²) in [7, 11) is 0. The molecule has 2 aromatic carbocycles. The number of rotatable bonds is 4. The molecule has 1 heterocycles. The molecule has 126 valence electrons. The van der Waals surface area contributed by atoms with Gasteiger partial charge in [-0.15, -0.1) is 0 Å². The molecule has 24 heavy (non-hydrogen) atoms. The summed E-state index contributed by atoms with van der Waals surface area (Å²) in [5, 5.41) is 8.97. The van der Waals surface area contributed by atoms with Gasteiger partial charge in [0.15, 0.2) is 0 Å². The molecule has 0 aliphatic heterocycles. The summed E-state index contributed by atoms with van der Waals surface area (Å²) >= 11 is 0. The number of allylic oxidation sites excluding steroid dienone is 2. The average Bonchev–Trinajstić information content (AvgIpc) is 2.95. The Kier molecular flexibility index (Phi) is 6.36. The van der Waals surface area contributed by atoms with Crippen LogP contribution < -0.4 is 0 Å². The summed E-state index contributed by atoms with van der Waals surface area (Å²) < 4.78 is 6.12. The molecule has 1 aromatic heterocycles. The second-order valence-corrected chi connectivity index (χ2v) is 6.45. The fourth-order valence-corrected chi connectivity index (χ4v) is 2.82. The van der Waals surface area contributed by atoms with Crippen molar-refractivity contribution in [1.29, 1.82) is 5.41 Å². The second kappa shape index (κ2) is 8.49. The zero-order valence-corrected chi connectivity index (χ0v) is 15.1. The molecule has 3 aromatic rings. The Hall–Kier alpha value is -2.35. The van der Waals surface area contributed by atoms with Crippen molar-refractivity contribution >= 4 is 28.2 Å². The van der Waals surface area contributed by atoms with Crippen molar-refractivity contribution in [2.24, 2.45) is 5.92 Å². The van der Waals surface area contributed by atoms with Crippen LogP contribution in [0.15, 0.2) is 53.0 Å². The number of furan rings is 1. The van der Waals surface area contributed by atoms with E-state index in [-0.39, 0.29) is 0 Å². The molecule has 0 spiro atoms. The summed E-state index contributed by atoms with van der Waals surface area (Å²) in [6.07, 6.45) is 7.03. The standard InChI is InChI=1S/C17H18O.C5H9N/c1-11(2)10-13-7-5-9-15-14-8-4-6-12(3)16(14)18-17(13)15;1-2-3-4-5-6/h4-9,11H,10H2,1-3H3;3-6H,2H2,1H3/b;4-3-,6-5?. The van der Waals surface area contributed by atoms with E-state index in [0.29, 0.717) is 5.92 Å². The lowest BCUT2D eigenvalue weighted by Gasteiger charge is -2.04. The van der Waals surface area contributed by atoms with E-state index >= 15 is 0 Å². The molecule has 0 radical (unpaired) electrons. The number of hydrogen-bond acceptors (Lipinski definition) is 2. The van der Waals surface area contributed by atoms with E-state index in [1.807, 2.05) is 13.0 Å². The van der Waals surface area contributed by atoms with Gasteiger partial charge in [-0.05, 0) is 42.9 Å². The molecule has 1 N–H and O–H groups in total. The number of aryl methyl sites for hydroxylation is 1. The van der Waals surface area contributed by atoms with Gasteiger partial charge in [0.2, 0.25) is 0 Å². The van der Waals surface area contributed by atoms with Crippen LogP contribution in [0.25, 0.3) is 21.9 Å². The van der Waals surface area contributed by atoms with E-state index in [1.54, 1.807) is 6.08 Å². The first-order chi connectivity index (χ1) is 11.6.